The first kappa shape index (κ1) is 38.5. The van der Waals surface area contributed by atoms with E-state index in [-0.39, 0.29) is 12.8 Å². The number of fused-ring (bicyclic) bond motifs is 2. The molecular formula is C38H49N5O8. The lowest BCUT2D eigenvalue weighted by molar-refractivity contribution is -0.128. The van der Waals surface area contributed by atoms with Gasteiger partial charge >= 0.3 is 18.3 Å². The fourth-order valence-electron chi connectivity index (χ4n) is 5.59. The van der Waals surface area contributed by atoms with Gasteiger partial charge in [-0.25, -0.2) is 14.4 Å². The van der Waals surface area contributed by atoms with Crippen LogP contribution >= 0.6 is 0 Å². The van der Waals surface area contributed by atoms with E-state index in [9.17, 15) is 24.0 Å². The molecule has 13 nitrogen and oxygen atoms in total. The van der Waals surface area contributed by atoms with Crippen molar-refractivity contribution in [3.8, 4) is 0 Å². The Balaban J connectivity index is 1.71. The third kappa shape index (κ3) is 9.89. The van der Waals surface area contributed by atoms with Gasteiger partial charge in [-0.1, -0.05) is 36.4 Å². The van der Waals surface area contributed by atoms with E-state index in [2.05, 4.69) is 16.0 Å². The Hall–Kier alpha value is -5.33. The number of carbonyl (C=O) groups is 5. The van der Waals surface area contributed by atoms with Crippen molar-refractivity contribution in [2.75, 3.05) is 0 Å². The van der Waals surface area contributed by atoms with Crippen LogP contribution in [0.3, 0.4) is 0 Å². The molecule has 4 aromatic rings. The molecule has 0 aliphatic rings. The quantitative estimate of drug-likeness (QED) is 0.102. The number of alkyl carbamates (subject to hydrolysis) is 1. The van der Waals surface area contributed by atoms with Gasteiger partial charge in [0.15, 0.2) is 0 Å². The molecular weight excluding hydrogens is 654 g/mol. The van der Waals surface area contributed by atoms with Crippen molar-refractivity contribution in [2.45, 2.75) is 111 Å². The molecule has 0 saturated carbocycles. The van der Waals surface area contributed by atoms with Crippen LogP contribution in [0.2, 0.25) is 0 Å². The van der Waals surface area contributed by atoms with Gasteiger partial charge in [0.2, 0.25) is 12.3 Å². The van der Waals surface area contributed by atoms with Crippen LogP contribution < -0.4 is 16.0 Å². The first-order chi connectivity index (χ1) is 23.6. The number of benzene rings is 2. The second kappa shape index (κ2) is 14.5. The number of hydrogen-bond donors (Lipinski definition) is 3. The van der Waals surface area contributed by atoms with Crippen molar-refractivity contribution in [3.05, 3.63) is 72.1 Å². The summed E-state index contributed by atoms with van der Waals surface area (Å²) in [6.45, 7) is 17.3. The van der Waals surface area contributed by atoms with Crippen molar-refractivity contribution < 1.29 is 38.2 Å². The van der Waals surface area contributed by atoms with E-state index in [1.165, 1.54) is 16.1 Å². The Bertz CT molecular complexity index is 1940. The minimum absolute atomic E-state index is 0.0693. The molecule has 13 heteroatoms. The molecule has 3 N–H and O–H groups in total. The Kier molecular flexibility index (Phi) is 10.9. The molecule has 2 aromatic carbocycles. The van der Waals surface area contributed by atoms with Gasteiger partial charge in [0.25, 0.3) is 0 Å². The zero-order valence-electron chi connectivity index (χ0n) is 31.0. The van der Waals surface area contributed by atoms with E-state index in [1.54, 1.807) is 99.0 Å². The molecule has 2 heterocycles. The van der Waals surface area contributed by atoms with Crippen molar-refractivity contribution in [1.29, 1.82) is 0 Å². The molecule has 3 amide bonds. The van der Waals surface area contributed by atoms with E-state index < -0.39 is 52.7 Å². The van der Waals surface area contributed by atoms with Crippen molar-refractivity contribution in [2.24, 2.45) is 0 Å². The van der Waals surface area contributed by atoms with Crippen LogP contribution in [0.4, 0.5) is 14.4 Å². The van der Waals surface area contributed by atoms with Crippen molar-refractivity contribution in [1.82, 2.24) is 25.1 Å². The smallest absolute Gasteiger partial charge is 0.419 e. The Morgan fingerprint density at radius 1 is 0.686 bits per heavy atom. The summed E-state index contributed by atoms with van der Waals surface area (Å²) < 4.78 is 19.5. The maximum atomic E-state index is 14.3. The van der Waals surface area contributed by atoms with Crippen LogP contribution in [0.1, 0.15) is 80.4 Å². The number of nitrogens with zero attached hydrogens (tertiary/aromatic N) is 2. The maximum absolute atomic E-state index is 14.3. The summed E-state index contributed by atoms with van der Waals surface area (Å²) in [4.78, 5) is 65.7. The molecule has 4 rings (SSSR count). The van der Waals surface area contributed by atoms with E-state index in [1.807, 2.05) is 24.3 Å². The third-order valence-electron chi connectivity index (χ3n) is 7.59. The second-order valence-electron chi connectivity index (χ2n) is 15.7. The molecule has 2 atom stereocenters. The number of amides is 3. The zero-order chi connectivity index (χ0) is 37.9. The molecule has 0 bridgehead atoms. The van der Waals surface area contributed by atoms with Crippen LogP contribution in [0, 0.1) is 0 Å². The fourth-order valence-corrected chi connectivity index (χ4v) is 5.59. The molecule has 51 heavy (non-hydrogen) atoms. The standard InChI is InChI=1S/C38H49N5O8/c1-35(2,3)49-32(46)41-38(10,20-25-22-43(34(48)51-37(7,8)9)29-18-14-12-16-27(25)29)31(45)40-30(39-23-44)19-24-21-42(33(47)50-36(4,5)6)28-17-13-11-15-26(24)28/h11-18,21-23,30H,19-20H2,1-10H3,(H,39,44)(H,40,45)(H,41,46)/t30-,38-/m1/s1. The topological polar surface area (TPSA) is 159 Å². The zero-order valence-corrected chi connectivity index (χ0v) is 31.0. The number of rotatable bonds is 9. The van der Waals surface area contributed by atoms with Gasteiger partial charge < -0.3 is 30.2 Å². The summed E-state index contributed by atoms with van der Waals surface area (Å²) in [5.41, 5.74) is -1.63. The average Bonchev–Trinajstić information content (AvgIpc) is 3.53. The van der Waals surface area contributed by atoms with Gasteiger partial charge in [0.1, 0.15) is 28.5 Å². The fraction of sp³-hybridized carbons (Fsp3) is 0.447. The minimum Gasteiger partial charge on any atom is -0.444 e. The first-order valence-corrected chi connectivity index (χ1v) is 16.8. The van der Waals surface area contributed by atoms with Gasteiger partial charge in [-0.2, -0.15) is 0 Å². The van der Waals surface area contributed by atoms with E-state index in [0.717, 1.165) is 5.39 Å². The highest BCUT2D eigenvalue weighted by Crippen LogP contribution is 2.28. The molecule has 0 radical (unpaired) electrons. The number of hydrogen-bond acceptors (Lipinski definition) is 8. The molecule has 0 fully saturated rings. The highest BCUT2D eigenvalue weighted by Gasteiger charge is 2.39. The SMILES string of the molecule is CC(C)(C)OC(=O)N[C@](C)(Cc1cn(C(=O)OC(C)(C)C)c2ccccc12)C(=O)N[C@H](Cc1cn(C(=O)OC(C)(C)C)c2ccccc12)NC=O. The monoisotopic (exact) mass is 703 g/mol. The molecule has 0 unspecified atom stereocenters. The van der Waals surface area contributed by atoms with Crippen molar-refractivity contribution in [3.63, 3.8) is 0 Å². The number of nitrogens with one attached hydrogen (secondary N) is 3. The summed E-state index contributed by atoms with van der Waals surface area (Å²) in [5.74, 6) is -0.641. The average molecular weight is 704 g/mol. The predicted octanol–water partition coefficient (Wildman–Crippen LogP) is 6.42. The maximum Gasteiger partial charge on any atom is 0.419 e. The lowest BCUT2D eigenvalue weighted by Gasteiger charge is -2.32. The number of carbonyl (C=O) groups excluding carboxylic acids is 5. The van der Waals surface area contributed by atoms with Gasteiger partial charge in [0.05, 0.1) is 11.0 Å². The van der Waals surface area contributed by atoms with Crippen LogP contribution in [0.15, 0.2) is 60.9 Å². The normalized spacial score (nSPS) is 13.9. The van der Waals surface area contributed by atoms with Gasteiger partial charge in [-0.15, -0.1) is 0 Å². The molecule has 274 valence electrons. The van der Waals surface area contributed by atoms with Crippen molar-refractivity contribution >= 4 is 52.4 Å². The summed E-state index contributed by atoms with van der Waals surface area (Å²) in [6, 6.07) is 14.4. The highest BCUT2D eigenvalue weighted by molar-refractivity contribution is 5.95. The van der Waals surface area contributed by atoms with Gasteiger partial charge in [-0.05, 0) is 92.5 Å². The number of para-hydroxylation sites is 2. The van der Waals surface area contributed by atoms with Crippen LogP contribution in [0.25, 0.3) is 21.8 Å². The Morgan fingerprint density at radius 3 is 1.61 bits per heavy atom. The lowest BCUT2D eigenvalue weighted by atomic mass is 9.91. The van der Waals surface area contributed by atoms with Crippen LogP contribution in [0.5, 0.6) is 0 Å². The Labute approximate surface area is 298 Å². The third-order valence-corrected chi connectivity index (χ3v) is 7.59. The first-order valence-electron chi connectivity index (χ1n) is 16.8. The van der Waals surface area contributed by atoms with Gasteiger partial charge in [-0.3, -0.25) is 18.7 Å². The highest BCUT2D eigenvalue weighted by atomic mass is 16.6. The van der Waals surface area contributed by atoms with Gasteiger partial charge in [0, 0.05) is 36.0 Å². The van der Waals surface area contributed by atoms with E-state index in [4.69, 9.17) is 14.2 Å². The molecule has 0 saturated heterocycles. The molecule has 0 spiro atoms. The largest absolute Gasteiger partial charge is 0.444 e. The minimum atomic E-state index is -1.65. The number of aromatic nitrogens is 2. The summed E-state index contributed by atoms with van der Waals surface area (Å²) in [5, 5.41) is 9.66. The summed E-state index contributed by atoms with van der Waals surface area (Å²) in [7, 11) is 0. The molecule has 0 aliphatic heterocycles. The molecule has 2 aromatic heterocycles. The Morgan fingerprint density at radius 2 is 1.14 bits per heavy atom. The summed E-state index contributed by atoms with van der Waals surface area (Å²) >= 11 is 0. The predicted molar refractivity (Wildman–Crippen MR) is 193 cm³/mol. The second-order valence-corrected chi connectivity index (χ2v) is 15.7. The van der Waals surface area contributed by atoms with E-state index >= 15 is 0 Å². The number of ether oxygens (including phenoxy) is 3. The summed E-state index contributed by atoms with van der Waals surface area (Å²) in [6.07, 6.45) is 0.714. The lowest BCUT2D eigenvalue weighted by Crippen LogP contribution is -2.62. The van der Waals surface area contributed by atoms with Crippen LogP contribution in [-0.4, -0.2) is 68.2 Å². The van der Waals surface area contributed by atoms with Crippen LogP contribution in [-0.2, 0) is 36.6 Å². The molecule has 0 aliphatic carbocycles. The van der Waals surface area contributed by atoms with E-state index in [0.29, 0.717) is 34.0 Å².